The summed E-state index contributed by atoms with van der Waals surface area (Å²) >= 11 is 2.98. The van der Waals surface area contributed by atoms with Crippen molar-refractivity contribution in [1.29, 1.82) is 0 Å². The molecule has 0 radical (unpaired) electrons. The van der Waals surface area contributed by atoms with Crippen molar-refractivity contribution in [2.45, 2.75) is 25.1 Å². The second-order valence-corrected chi connectivity index (χ2v) is 5.21. The molecule has 2 rings (SSSR count). The SMILES string of the molecule is CC(c1nc(-c2ccc(F)c(Br)c2)no1)C(O)C(F)(F)F. The van der Waals surface area contributed by atoms with Crippen molar-refractivity contribution in [3.05, 3.63) is 34.4 Å². The topological polar surface area (TPSA) is 59.2 Å². The van der Waals surface area contributed by atoms with Crippen LogP contribution in [0.1, 0.15) is 18.7 Å². The first-order valence-electron chi connectivity index (χ1n) is 5.74. The fourth-order valence-electron chi connectivity index (χ4n) is 1.59. The molecule has 4 nitrogen and oxygen atoms in total. The number of aliphatic hydroxyl groups excluding tert-OH is 1. The number of nitrogens with zero attached hydrogens (tertiary/aromatic N) is 2. The van der Waals surface area contributed by atoms with Crippen molar-refractivity contribution in [1.82, 2.24) is 10.1 Å². The summed E-state index contributed by atoms with van der Waals surface area (Å²) in [6, 6.07) is 3.89. The van der Waals surface area contributed by atoms with E-state index in [2.05, 4.69) is 26.1 Å². The van der Waals surface area contributed by atoms with E-state index in [1.54, 1.807) is 0 Å². The zero-order chi connectivity index (χ0) is 15.8. The lowest BCUT2D eigenvalue weighted by Gasteiger charge is -2.17. The largest absolute Gasteiger partial charge is 0.415 e. The molecule has 0 saturated carbocycles. The van der Waals surface area contributed by atoms with Gasteiger partial charge in [-0.3, -0.25) is 0 Å². The number of hydrogen-bond acceptors (Lipinski definition) is 4. The predicted octanol–water partition coefficient (Wildman–Crippen LogP) is 3.66. The third-order valence-electron chi connectivity index (χ3n) is 2.82. The minimum absolute atomic E-state index is 0.00641. The van der Waals surface area contributed by atoms with Crippen LogP contribution < -0.4 is 0 Å². The molecule has 0 bridgehead atoms. The molecule has 2 aromatic rings. The van der Waals surface area contributed by atoms with Gasteiger partial charge in [0.25, 0.3) is 0 Å². The Morgan fingerprint density at radius 3 is 2.57 bits per heavy atom. The summed E-state index contributed by atoms with van der Waals surface area (Å²) in [6.45, 7) is 1.12. The highest BCUT2D eigenvalue weighted by molar-refractivity contribution is 9.10. The number of aromatic nitrogens is 2. The van der Waals surface area contributed by atoms with Crippen LogP contribution in [-0.2, 0) is 0 Å². The smallest absolute Gasteiger partial charge is 0.383 e. The molecule has 1 aromatic carbocycles. The fourth-order valence-corrected chi connectivity index (χ4v) is 1.97. The standard InChI is InChI=1S/C12H9BrF4N2O2/c1-5(9(20)12(15,16)17)11-18-10(19-21-11)6-2-3-8(14)7(13)4-6/h2-5,9,20H,1H3. The van der Waals surface area contributed by atoms with Gasteiger partial charge in [-0.1, -0.05) is 12.1 Å². The highest BCUT2D eigenvalue weighted by Gasteiger charge is 2.44. The summed E-state index contributed by atoms with van der Waals surface area (Å²) in [4.78, 5) is 3.80. The molecule has 1 N–H and O–H groups in total. The molecule has 2 unspecified atom stereocenters. The number of rotatable bonds is 3. The van der Waals surface area contributed by atoms with Gasteiger partial charge in [-0.05, 0) is 34.1 Å². The summed E-state index contributed by atoms with van der Waals surface area (Å²) in [6.07, 6.45) is -7.39. The molecule has 21 heavy (non-hydrogen) atoms. The van der Waals surface area contributed by atoms with Crippen molar-refractivity contribution in [3.63, 3.8) is 0 Å². The molecule has 0 spiro atoms. The lowest BCUT2D eigenvalue weighted by molar-refractivity contribution is -0.210. The monoisotopic (exact) mass is 368 g/mol. The van der Waals surface area contributed by atoms with E-state index in [9.17, 15) is 17.6 Å². The summed E-state index contributed by atoms with van der Waals surface area (Å²) in [5, 5.41) is 12.7. The molecule has 0 aliphatic heterocycles. The summed E-state index contributed by atoms with van der Waals surface area (Å²) in [5.74, 6) is -2.25. The van der Waals surface area contributed by atoms with Crippen LogP contribution >= 0.6 is 15.9 Å². The Morgan fingerprint density at radius 1 is 1.33 bits per heavy atom. The van der Waals surface area contributed by atoms with Gasteiger partial charge >= 0.3 is 6.18 Å². The Balaban J connectivity index is 2.27. The maximum Gasteiger partial charge on any atom is 0.415 e. The maximum absolute atomic E-state index is 13.1. The van der Waals surface area contributed by atoms with Gasteiger partial charge in [0.1, 0.15) is 5.82 Å². The lowest BCUT2D eigenvalue weighted by Crippen LogP contribution is -2.33. The number of benzene rings is 1. The second kappa shape index (κ2) is 5.72. The molecule has 1 heterocycles. The number of alkyl halides is 3. The van der Waals surface area contributed by atoms with Gasteiger partial charge < -0.3 is 9.63 Å². The number of aliphatic hydroxyl groups is 1. The average Bonchev–Trinajstić information content (AvgIpc) is 2.88. The van der Waals surface area contributed by atoms with E-state index in [0.717, 1.165) is 13.0 Å². The van der Waals surface area contributed by atoms with Gasteiger partial charge in [-0.25, -0.2) is 4.39 Å². The van der Waals surface area contributed by atoms with E-state index in [1.807, 2.05) is 0 Å². The minimum atomic E-state index is -4.78. The van der Waals surface area contributed by atoms with Crippen LogP contribution in [0, 0.1) is 5.82 Å². The van der Waals surface area contributed by atoms with E-state index in [1.165, 1.54) is 12.1 Å². The zero-order valence-corrected chi connectivity index (χ0v) is 12.1. The van der Waals surface area contributed by atoms with E-state index in [0.29, 0.717) is 5.56 Å². The maximum atomic E-state index is 13.1. The van der Waals surface area contributed by atoms with Crippen molar-refractivity contribution in [2.24, 2.45) is 0 Å². The summed E-state index contributed by atoms with van der Waals surface area (Å²) < 4.78 is 55.3. The van der Waals surface area contributed by atoms with E-state index in [4.69, 9.17) is 9.63 Å². The number of halogens is 5. The van der Waals surface area contributed by atoms with Crippen molar-refractivity contribution in [2.75, 3.05) is 0 Å². The zero-order valence-electron chi connectivity index (χ0n) is 10.5. The first kappa shape index (κ1) is 15.9. The molecule has 114 valence electrons. The molecule has 1 aromatic heterocycles. The quantitative estimate of drug-likeness (QED) is 0.839. The molecular formula is C12H9BrF4N2O2. The van der Waals surface area contributed by atoms with Crippen LogP contribution in [0.2, 0.25) is 0 Å². The van der Waals surface area contributed by atoms with E-state index >= 15 is 0 Å². The Hall–Kier alpha value is -1.48. The van der Waals surface area contributed by atoms with Crippen molar-refractivity contribution >= 4 is 15.9 Å². The second-order valence-electron chi connectivity index (χ2n) is 4.36. The molecule has 0 saturated heterocycles. The highest BCUT2D eigenvalue weighted by Crippen LogP contribution is 2.32. The normalized spacial score (nSPS) is 15.0. The minimum Gasteiger partial charge on any atom is -0.383 e. The van der Waals surface area contributed by atoms with Crippen molar-refractivity contribution in [3.8, 4) is 11.4 Å². The molecule has 0 amide bonds. The Bertz CT molecular complexity index is 644. The molecular weight excluding hydrogens is 360 g/mol. The molecule has 0 fully saturated rings. The molecule has 0 aliphatic carbocycles. The summed E-state index contributed by atoms with van der Waals surface area (Å²) in [5.41, 5.74) is 0.368. The third kappa shape index (κ3) is 3.41. The van der Waals surface area contributed by atoms with Crippen LogP contribution in [0.4, 0.5) is 17.6 Å². The fraction of sp³-hybridized carbons (Fsp3) is 0.333. The Morgan fingerprint density at radius 2 is 2.00 bits per heavy atom. The predicted molar refractivity (Wildman–Crippen MR) is 67.9 cm³/mol. The molecule has 2 atom stereocenters. The van der Waals surface area contributed by atoms with Gasteiger partial charge in [0.2, 0.25) is 11.7 Å². The van der Waals surface area contributed by atoms with Crippen LogP contribution in [-0.4, -0.2) is 27.5 Å². The Labute approximate surface area is 124 Å². The van der Waals surface area contributed by atoms with Crippen LogP contribution in [0.3, 0.4) is 0 Å². The van der Waals surface area contributed by atoms with Gasteiger partial charge in [-0.15, -0.1) is 0 Å². The van der Waals surface area contributed by atoms with Crippen LogP contribution in [0.25, 0.3) is 11.4 Å². The van der Waals surface area contributed by atoms with Crippen molar-refractivity contribution < 1.29 is 27.2 Å². The lowest BCUT2D eigenvalue weighted by atomic mass is 10.0. The van der Waals surface area contributed by atoms with Gasteiger partial charge in [0.15, 0.2) is 6.10 Å². The third-order valence-corrected chi connectivity index (χ3v) is 3.43. The first-order valence-corrected chi connectivity index (χ1v) is 6.53. The van der Waals surface area contributed by atoms with Gasteiger partial charge in [-0.2, -0.15) is 18.2 Å². The molecule has 0 aliphatic rings. The average molecular weight is 369 g/mol. The van der Waals surface area contributed by atoms with Crippen LogP contribution in [0.5, 0.6) is 0 Å². The van der Waals surface area contributed by atoms with E-state index in [-0.39, 0.29) is 16.2 Å². The first-order chi connectivity index (χ1) is 9.70. The molecule has 9 heteroatoms. The number of hydrogen-bond donors (Lipinski definition) is 1. The van der Waals surface area contributed by atoms with Gasteiger partial charge in [0, 0.05) is 5.56 Å². The summed E-state index contributed by atoms with van der Waals surface area (Å²) in [7, 11) is 0. The highest BCUT2D eigenvalue weighted by atomic mass is 79.9. The van der Waals surface area contributed by atoms with Gasteiger partial charge in [0.05, 0.1) is 10.4 Å². The Kier molecular flexibility index (Phi) is 4.33. The van der Waals surface area contributed by atoms with E-state index < -0.39 is 24.0 Å². The van der Waals surface area contributed by atoms with Crippen LogP contribution in [0.15, 0.2) is 27.2 Å².